The van der Waals surface area contributed by atoms with Crippen LogP contribution in [0, 0.1) is 10.5 Å². The van der Waals surface area contributed by atoms with Gasteiger partial charge in [0.1, 0.15) is 10.7 Å². The molecule has 0 atom stereocenters. The lowest BCUT2D eigenvalue weighted by molar-refractivity contribution is 0.103. The number of carbonyl (C=O) groups excluding carboxylic acids is 1. The van der Waals surface area contributed by atoms with Crippen molar-refractivity contribution in [3.63, 3.8) is 0 Å². The number of nitrogens with one attached hydrogen (secondary N) is 1. The standard InChI is InChI=1S/C15H10ClIN2OS/c1-8-10(17)6-7-12(18-8)19-15(20)14-13(16)9-4-2-3-5-11(9)21-14/h2-7H,1H3,(H,18,19,20). The highest BCUT2D eigenvalue weighted by Crippen LogP contribution is 2.35. The molecule has 3 nitrogen and oxygen atoms in total. The van der Waals surface area contributed by atoms with Crippen LogP contribution in [0.1, 0.15) is 15.4 Å². The lowest BCUT2D eigenvalue weighted by Gasteiger charge is -2.05. The monoisotopic (exact) mass is 428 g/mol. The number of pyridine rings is 1. The highest BCUT2D eigenvalue weighted by molar-refractivity contribution is 14.1. The number of aryl methyl sites for hydroxylation is 1. The highest BCUT2D eigenvalue weighted by atomic mass is 127. The molecule has 0 saturated heterocycles. The fourth-order valence-electron chi connectivity index (χ4n) is 1.95. The van der Waals surface area contributed by atoms with Gasteiger partial charge in [-0.25, -0.2) is 4.98 Å². The van der Waals surface area contributed by atoms with Gasteiger partial charge in [-0.2, -0.15) is 0 Å². The third-order valence-electron chi connectivity index (χ3n) is 3.00. The number of carbonyl (C=O) groups is 1. The van der Waals surface area contributed by atoms with Crippen molar-refractivity contribution in [3.05, 3.63) is 55.6 Å². The summed E-state index contributed by atoms with van der Waals surface area (Å²) in [5, 5.41) is 4.20. The Morgan fingerprint density at radius 2 is 2.05 bits per heavy atom. The Morgan fingerprint density at radius 3 is 2.76 bits per heavy atom. The van der Waals surface area contributed by atoms with Crippen LogP contribution in [0.25, 0.3) is 10.1 Å². The number of thiophene rings is 1. The van der Waals surface area contributed by atoms with Crippen LogP contribution in [-0.2, 0) is 0 Å². The first kappa shape index (κ1) is 14.7. The van der Waals surface area contributed by atoms with Gasteiger partial charge >= 0.3 is 0 Å². The Bertz CT molecular complexity index is 847. The van der Waals surface area contributed by atoms with Crippen LogP contribution >= 0.6 is 45.5 Å². The summed E-state index contributed by atoms with van der Waals surface area (Å²) in [5.41, 5.74) is 0.885. The number of benzene rings is 1. The average molecular weight is 429 g/mol. The quantitative estimate of drug-likeness (QED) is 0.576. The van der Waals surface area contributed by atoms with Crippen molar-refractivity contribution in [2.24, 2.45) is 0 Å². The Hall–Kier alpha value is -1.18. The maximum atomic E-state index is 12.4. The molecule has 1 amide bonds. The van der Waals surface area contributed by atoms with Gasteiger partial charge in [-0.15, -0.1) is 11.3 Å². The maximum Gasteiger partial charge on any atom is 0.268 e. The van der Waals surface area contributed by atoms with E-state index in [-0.39, 0.29) is 5.91 Å². The lowest BCUT2D eigenvalue weighted by atomic mass is 10.2. The minimum atomic E-state index is -0.227. The highest BCUT2D eigenvalue weighted by Gasteiger charge is 2.17. The molecule has 106 valence electrons. The summed E-state index contributed by atoms with van der Waals surface area (Å²) in [7, 11) is 0. The van der Waals surface area contributed by atoms with E-state index >= 15 is 0 Å². The van der Waals surface area contributed by atoms with Crippen molar-refractivity contribution in [2.75, 3.05) is 5.32 Å². The smallest absolute Gasteiger partial charge is 0.268 e. The second-order valence-corrected chi connectivity index (χ2v) is 7.05. The van der Waals surface area contributed by atoms with E-state index in [2.05, 4.69) is 32.9 Å². The fourth-order valence-corrected chi connectivity index (χ4v) is 3.66. The topological polar surface area (TPSA) is 42.0 Å². The molecular weight excluding hydrogens is 419 g/mol. The first-order valence-electron chi connectivity index (χ1n) is 6.18. The predicted molar refractivity (Wildman–Crippen MR) is 96.5 cm³/mol. The Morgan fingerprint density at radius 1 is 1.29 bits per heavy atom. The Labute approximate surface area is 144 Å². The van der Waals surface area contributed by atoms with Gasteiger partial charge in [0.25, 0.3) is 5.91 Å². The van der Waals surface area contributed by atoms with E-state index < -0.39 is 0 Å². The number of anilines is 1. The van der Waals surface area contributed by atoms with Crippen LogP contribution < -0.4 is 5.32 Å². The number of hydrogen-bond acceptors (Lipinski definition) is 3. The van der Waals surface area contributed by atoms with Crippen molar-refractivity contribution in [2.45, 2.75) is 6.92 Å². The molecule has 6 heteroatoms. The van der Waals surface area contributed by atoms with Gasteiger partial charge in [-0.05, 0) is 47.7 Å². The van der Waals surface area contributed by atoms with Gasteiger partial charge in [0.15, 0.2) is 0 Å². The summed E-state index contributed by atoms with van der Waals surface area (Å²) in [5.74, 6) is 0.306. The first-order valence-corrected chi connectivity index (χ1v) is 8.45. The van der Waals surface area contributed by atoms with E-state index in [9.17, 15) is 4.79 Å². The zero-order valence-electron chi connectivity index (χ0n) is 11.0. The van der Waals surface area contributed by atoms with Crippen LogP contribution in [0.4, 0.5) is 5.82 Å². The minimum absolute atomic E-state index is 0.227. The summed E-state index contributed by atoms with van der Waals surface area (Å²) in [6.07, 6.45) is 0. The minimum Gasteiger partial charge on any atom is -0.306 e. The zero-order valence-corrected chi connectivity index (χ0v) is 14.7. The SMILES string of the molecule is Cc1nc(NC(=O)c2sc3ccccc3c2Cl)ccc1I. The molecule has 3 aromatic rings. The summed E-state index contributed by atoms with van der Waals surface area (Å²) in [4.78, 5) is 17.2. The number of hydrogen-bond donors (Lipinski definition) is 1. The fraction of sp³-hybridized carbons (Fsp3) is 0.0667. The summed E-state index contributed by atoms with van der Waals surface area (Å²) in [6, 6.07) is 11.4. The van der Waals surface area contributed by atoms with Crippen LogP contribution in [0.2, 0.25) is 5.02 Å². The van der Waals surface area contributed by atoms with Crippen molar-refractivity contribution in [1.29, 1.82) is 0 Å². The van der Waals surface area contributed by atoms with Crippen LogP contribution in [0.15, 0.2) is 36.4 Å². The van der Waals surface area contributed by atoms with Gasteiger partial charge in [-0.3, -0.25) is 4.79 Å². The average Bonchev–Trinajstić information content (AvgIpc) is 2.81. The third kappa shape index (κ3) is 2.90. The molecule has 2 aromatic heterocycles. The molecule has 0 fully saturated rings. The molecule has 2 heterocycles. The van der Waals surface area contributed by atoms with Gasteiger partial charge in [0, 0.05) is 13.7 Å². The number of rotatable bonds is 2. The van der Waals surface area contributed by atoms with Crippen LogP contribution in [-0.4, -0.2) is 10.9 Å². The maximum absolute atomic E-state index is 12.4. The lowest BCUT2D eigenvalue weighted by Crippen LogP contribution is -2.12. The van der Waals surface area contributed by atoms with Crippen molar-refractivity contribution in [3.8, 4) is 0 Å². The second kappa shape index (κ2) is 5.90. The van der Waals surface area contributed by atoms with E-state index in [0.717, 1.165) is 19.4 Å². The molecule has 1 N–H and O–H groups in total. The zero-order chi connectivity index (χ0) is 15.0. The largest absolute Gasteiger partial charge is 0.306 e. The number of nitrogens with zero attached hydrogens (tertiary/aromatic N) is 1. The van der Waals surface area contributed by atoms with Gasteiger partial charge in [0.2, 0.25) is 0 Å². The van der Waals surface area contributed by atoms with Crippen LogP contribution in [0.5, 0.6) is 0 Å². The number of halogens is 2. The molecule has 3 rings (SSSR count). The van der Waals surface area contributed by atoms with E-state index in [1.807, 2.05) is 37.3 Å². The summed E-state index contributed by atoms with van der Waals surface area (Å²) < 4.78 is 2.06. The molecule has 21 heavy (non-hydrogen) atoms. The summed E-state index contributed by atoms with van der Waals surface area (Å²) in [6.45, 7) is 1.91. The number of aromatic nitrogens is 1. The molecule has 0 radical (unpaired) electrons. The van der Waals surface area contributed by atoms with Gasteiger partial charge in [-0.1, -0.05) is 29.8 Å². The third-order valence-corrected chi connectivity index (χ3v) is 5.82. The molecule has 1 aromatic carbocycles. The predicted octanol–water partition coefficient (Wildman–Crippen LogP) is 5.12. The first-order chi connectivity index (χ1) is 10.1. The van der Waals surface area contributed by atoms with E-state index in [1.165, 1.54) is 11.3 Å². The molecule has 0 aliphatic heterocycles. The molecule has 0 saturated carbocycles. The van der Waals surface area contributed by atoms with Crippen molar-refractivity contribution in [1.82, 2.24) is 4.98 Å². The van der Waals surface area contributed by atoms with E-state index in [1.54, 1.807) is 6.07 Å². The normalized spacial score (nSPS) is 10.8. The molecular formula is C15H10ClIN2OS. The molecule has 0 bridgehead atoms. The number of fused-ring (bicyclic) bond motifs is 1. The van der Waals surface area contributed by atoms with E-state index in [4.69, 9.17) is 11.6 Å². The molecule has 0 aliphatic carbocycles. The van der Waals surface area contributed by atoms with Crippen LogP contribution in [0.3, 0.4) is 0 Å². The Balaban J connectivity index is 1.93. The van der Waals surface area contributed by atoms with Crippen molar-refractivity contribution < 1.29 is 4.79 Å². The molecule has 0 spiro atoms. The van der Waals surface area contributed by atoms with Crippen molar-refractivity contribution >= 4 is 67.3 Å². The number of amides is 1. The Kier molecular flexibility index (Phi) is 4.14. The molecule has 0 unspecified atom stereocenters. The second-order valence-electron chi connectivity index (χ2n) is 4.46. The van der Waals surface area contributed by atoms with Gasteiger partial charge in [0.05, 0.1) is 10.7 Å². The van der Waals surface area contributed by atoms with Gasteiger partial charge < -0.3 is 5.32 Å². The molecule has 0 aliphatic rings. The van der Waals surface area contributed by atoms with E-state index in [0.29, 0.717) is 15.7 Å². The summed E-state index contributed by atoms with van der Waals surface area (Å²) >= 11 is 9.89.